The van der Waals surface area contributed by atoms with Gasteiger partial charge in [-0.3, -0.25) is 0 Å². The van der Waals surface area contributed by atoms with E-state index in [0.717, 1.165) is 12.1 Å². The first kappa shape index (κ1) is 14.9. The molecule has 20 heavy (non-hydrogen) atoms. The van der Waals surface area contributed by atoms with Crippen molar-refractivity contribution in [2.45, 2.75) is 6.10 Å². The molecule has 6 heteroatoms. The molecule has 0 fully saturated rings. The summed E-state index contributed by atoms with van der Waals surface area (Å²) in [6.45, 7) is 0. The van der Waals surface area contributed by atoms with E-state index in [0.29, 0.717) is 15.8 Å². The molecule has 106 valence electrons. The summed E-state index contributed by atoms with van der Waals surface area (Å²) in [5, 5.41) is 10.2. The van der Waals surface area contributed by atoms with Gasteiger partial charge in [-0.15, -0.1) is 0 Å². The Morgan fingerprint density at radius 2 is 1.70 bits per heavy atom. The molecule has 0 radical (unpaired) electrons. The predicted octanol–water partition coefficient (Wildman–Crippen LogP) is 3.96. The highest BCUT2D eigenvalue weighted by atomic mass is 79.9. The van der Waals surface area contributed by atoms with Crippen molar-refractivity contribution in [3.05, 3.63) is 63.4 Å². The number of aliphatic hydroxyl groups excluding tert-OH is 1. The zero-order chi connectivity index (χ0) is 14.9. The Morgan fingerprint density at radius 3 is 2.25 bits per heavy atom. The van der Waals surface area contributed by atoms with E-state index in [1.165, 1.54) is 7.11 Å². The van der Waals surface area contributed by atoms with Crippen molar-refractivity contribution in [2.75, 3.05) is 7.11 Å². The Kier molecular flexibility index (Phi) is 4.35. The van der Waals surface area contributed by atoms with Crippen LogP contribution >= 0.6 is 15.9 Å². The molecule has 0 spiro atoms. The largest absolute Gasteiger partial charge is 0.496 e. The minimum atomic E-state index is -1.57. The maximum absolute atomic E-state index is 13.2. The number of halogens is 4. The van der Waals surface area contributed by atoms with Crippen LogP contribution in [0.5, 0.6) is 5.75 Å². The fraction of sp³-hybridized carbons (Fsp3) is 0.143. The Morgan fingerprint density at radius 1 is 1.10 bits per heavy atom. The zero-order valence-corrected chi connectivity index (χ0v) is 11.9. The monoisotopic (exact) mass is 346 g/mol. The van der Waals surface area contributed by atoms with Crippen LogP contribution in [0, 0.1) is 17.5 Å². The number of hydrogen-bond acceptors (Lipinski definition) is 2. The van der Waals surface area contributed by atoms with Crippen LogP contribution in [0.2, 0.25) is 0 Å². The van der Waals surface area contributed by atoms with Gasteiger partial charge in [0.2, 0.25) is 0 Å². The van der Waals surface area contributed by atoms with E-state index < -0.39 is 23.6 Å². The number of ether oxygens (including phenoxy) is 1. The summed E-state index contributed by atoms with van der Waals surface area (Å²) in [7, 11) is 1.41. The second-order valence-electron chi connectivity index (χ2n) is 4.09. The smallest absolute Gasteiger partial charge is 0.194 e. The Labute approximate surface area is 121 Å². The first-order chi connectivity index (χ1) is 9.43. The molecule has 2 aromatic rings. The van der Waals surface area contributed by atoms with Gasteiger partial charge in [0.15, 0.2) is 17.5 Å². The van der Waals surface area contributed by atoms with Gasteiger partial charge in [-0.05, 0) is 35.9 Å². The summed E-state index contributed by atoms with van der Waals surface area (Å²) < 4.78 is 45.1. The molecule has 2 aromatic carbocycles. The summed E-state index contributed by atoms with van der Waals surface area (Å²) in [5.74, 6) is -3.92. The van der Waals surface area contributed by atoms with Crippen LogP contribution in [0.3, 0.4) is 0 Å². The Hall–Kier alpha value is -1.53. The second-order valence-corrected chi connectivity index (χ2v) is 5.00. The standard InChI is InChI=1S/C14H10BrF3O2/c1-20-12-3-2-8(15)6-9(12)14(19)7-4-10(16)13(18)11(17)5-7/h2-6,14,19H,1H3. The molecule has 0 aliphatic rings. The third-order valence-electron chi connectivity index (χ3n) is 2.81. The molecule has 0 saturated carbocycles. The average molecular weight is 347 g/mol. The van der Waals surface area contributed by atoms with Gasteiger partial charge in [0.25, 0.3) is 0 Å². The van der Waals surface area contributed by atoms with Crippen LogP contribution < -0.4 is 4.74 Å². The lowest BCUT2D eigenvalue weighted by Gasteiger charge is -2.16. The summed E-state index contributed by atoms with van der Waals surface area (Å²) in [6, 6.07) is 6.36. The van der Waals surface area contributed by atoms with Crippen LogP contribution in [0.25, 0.3) is 0 Å². The summed E-state index contributed by atoms with van der Waals surface area (Å²) in [4.78, 5) is 0. The molecule has 1 N–H and O–H groups in total. The van der Waals surface area contributed by atoms with Gasteiger partial charge in [-0.2, -0.15) is 0 Å². The topological polar surface area (TPSA) is 29.5 Å². The highest BCUT2D eigenvalue weighted by Crippen LogP contribution is 2.33. The Balaban J connectivity index is 2.51. The van der Waals surface area contributed by atoms with Crippen molar-refractivity contribution in [3.8, 4) is 5.75 Å². The van der Waals surface area contributed by atoms with Gasteiger partial charge < -0.3 is 9.84 Å². The van der Waals surface area contributed by atoms with E-state index in [4.69, 9.17) is 4.74 Å². The third kappa shape index (κ3) is 2.81. The molecule has 0 aliphatic carbocycles. The van der Waals surface area contributed by atoms with E-state index in [9.17, 15) is 18.3 Å². The highest BCUT2D eigenvalue weighted by Gasteiger charge is 2.20. The Bertz CT molecular complexity index is 623. The maximum atomic E-state index is 13.2. The molecule has 2 nitrogen and oxygen atoms in total. The average Bonchev–Trinajstić information content (AvgIpc) is 2.43. The van der Waals surface area contributed by atoms with Crippen LogP contribution in [0.4, 0.5) is 13.2 Å². The van der Waals surface area contributed by atoms with Crippen LogP contribution in [-0.4, -0.2) is 12.2 Å². The number of benzene rings is 2. The minimum absolute atomic E-state index is 0.0993. The molecule has 2 rings (SSSR count). The van der Waals surface area contributed by atoms with E-state index in [1.54, 1.807) is 18.2 Å². The van der Waals surface area contributed by atoms with E-state index in [1.807, 2.05) is 0 Å². The third-order valence-corrected chi connectivity index (χ3v) is 3.30. The first-order valence-corrected chi connectivity index (χ1v) is 6.39. The van der Waals surface area contributed by atoms with Crippen LogP contribution in [0.15, 0.2) is 34.8 Å². The van der Waals surface area contributed by atoms with Gasteiger partial charge in [0.1, 0.15) is 11.9 Å². The van der Waals surface area contributed by atoms with E-state index in [-0.39, 0.29) is 5.56 Å². The predicted molar refractivity (Wildman–Crippen MR) is 71.1 cm³/mol. The molecule has 1 atom stereocenters. The molecule has 0 heterocycles. The van der Waals surface area contributed by atoms with E-state index >= 15 is 0 Å². The number of methoxy groups -OCH3 is 1. The van der Waals surface area contributed by atoms with Crippen LogP contribution in [-0.2, 0) is 0 Å². The summed E-state index contributed by atoms with van der Waals surface area (Å²) >= 11 is 3.23. The maximum Gasteiger partial charge on any atom is 0.194 e. The van der Waals surface area contributed by atoms with Gasteiger partial charge >= 0.3 is 0 Å². The van der Waals surface area contributed by atoms with Crippen LogP contribution in [0.1, 0.15) is 17.2 Å². The van der Waals surface area contributed by atoms with Crippen molar-refractivity contribution in [2.24, 2.45) is 0 Å². The fourth-order valence-corrected chi connectivity index (χ4v) is 2.21. The van der Waals surface area contributed by atoms with Gasteiger partial charge in [0, 0.05) is 10.0 Å². The molecule has 1 unspecified atom stereocenters. The van der Waals surface area contributed by atoms with Gasteiger partial charge in [-0.25, -0.2) is 13.2 Å². The lowest BCUT2D eigenvalue weighted by molar-refractivity contribution is 0.213. The summed E-state index contributed by atoms with van der Waals surface area (Å²) in [6.07, 6.45) is -1.34. The number of hydrogen-bond donors (Lipinski definition) is 1. The number of rotatable bonds is 3. The fourth-order valence-electron chi connectivity index (χ4n) is 1.83. The molecule has 0 saturated heterocycles. The van der Waals surface area contributed by atoms with Crippen molar-refractivity contribution < 1.29 is 23.0 Å². The number of aliphatic hydroxyl groups is 1. The minimum Gasteiger partial charge on any atom is -0.496 e. The quantitative estimate of drug-likeness (QED) is 0.852. The normalized spacial score (nSPS) is 12.3. The molecule has 0 bridgehead atoms. The molecular weight excluding hydrogens is 337 g/mol. The molecule has 0 amide bonds. The van der Waals surface area contributed by atoms with Crippen molar-refractivity contribution in [1.82, 2.24) is 0 Å². The SMILES string of the molecule is COc1ccc(Br)cc1C(O)c1cc(F)c(F)c(F)c1. The second kappa shape index (κ2) is 5.85. The van der Waals surface area contributed by atoms with E-state index in [2.05, 4.69) is 15.9 Å². The lowest BCUT2D eigenvalue weighted by Crippen LogP contribution is -2.05. The first-order valence-electron chi connectivity index (χ1n) is 5.60. The molecular formula is C14H10BrF3O2. The van der Waals surface area contributed by atoms with Crippen molar-refractivity contribution in [3.63, 3.8) is 0 Å². The summed E-state index contributed by atoms with van der Waals surface area (Å²) in [5.41, 5.74) is 0.213. The zero-order valence-electron chi connectivity index (χ0n) is 10.3. The van der Waals surface area contributed by atoms with Gasteiger partial charge in [-0.1, -0.05) is 15.9 Å². The van der Waals surface area contributed by atoms with Crippen molar-refractivity contribution >= 4 is 15.9 Å². The molecule has 0 aliphatic heterocycles. The lowest BCUT2D eigenvalue weighted by atomic mass is 10.0. The highest BCUT2D eigenvalue weighted by molar-refractivity contribution is 9.10. The van der Waals surface area contributed by atoms with Gasteiger partial charge in [0.05, 0.1) is 7.11 Å². The van der Waals surface area contributed by atoms with Crippen molar-refractivity contribution in [1.29, 1.82) is 0 Å². The molecule has 0 aromatic heterocycles.